The highest BCUT2D eigenvalue weighted by molar-refractivity contribution is 5.53. The molecular formula is C15H22N2O3. The zero-order valence-corrected chi connectivity index (χ0v) is 12.7. The number of nitrogens with one attached hydrogen (secondary N) is 1. The SMILES string of the molecule is CNC1CC(Oc2c(C)cc(C)cc2[N+](=O)[O-])C1(C)C. The lowest BCUT2D eigenvalue weighted by atomic mass is 9.64. The molecule has 0 spiro atoms. The predicted molar refractivity (Wildman–Crippen MR) is 78.2 cm³/mol. The highest BCUT2D eigenvalue weighted by atomic mass is 16.6. The largest absolute Gasteiger partial charge is 0.483 e. The van der Waals surface area contributed by atoms with Gasteiger partial charge in [0.25, 0.3) is 0 Å². The van der Waals surface area contributed by atoms with E-state index in [1.807, 2.05) is 27.0 Å². The molecule has 2 atom stereocenters. The molecule has 1 aromatic carbocycles. The summed E-state index contributed by atoms with van der Waals surface area (Å²) in [7, 11) is 1.93. The number of aryl methyl sites for hydroxylation is 2. The Bertz CT molecular complexity index is 540. The van der Waals surface area contributed by atoms with Crippen molar-refractivity contribution in [3.8, 4) is 5.75 Å². The van der Waals surface area contributed by atoms with E-state index in [0.29, 0.717) is 11.8 Å². The Morgan fingerprint density at radius 2 is 2.05 bits per heavy atom. The Kier molecular flexibility index (Phi) is 3.73. The summed E-state index contributed by atoms with van der Waals surface area (Å²) in [5.41, 5.74) is 1.73. The van der Waals surface area contributed by atoms with Crippen molar-refractivity contribution in [1.82, 2.24) is 5.32 Å². The first-order chi connectivity index (χ1) is 9.27. The Labute approximate surface area is 119 Å². The van der Waals surface area contributed by atoms with E-state index in [-0.39, 0.29) is 22.1 Å². The van der Waals surface area contributed by atoms with Gasteiger partial charge in [-0.05, 0) is 32.0 Å². The lowest BCUT2D eigenvalue weighted by Gasteiger charge is -2.51. The molecule has 2 unspecified atom stereocenters. The zero-order chi connectivity index (χ0) is 15.1. The fourth-order valence-electron chi connectivity index (χ4n) is 2.94. The third-order valence-corrected chi connectivity index (χ3v) is 4.38. The van der Waals surface area contributed by atoms with Gasteiger partial charge in [0, 0.05) is 23.9 Å². The van der Waals surface area contributed by atoms with Crippen LogP contribution in [0.25, 0.3) is 0 Å². The molecule has 0 saturated heterocycles. The summed E-state index contributed by atoms with van der Waals surface area (Å²) >= 11 is 0. The molecule has 1 aromatic rings. The topological polar surface area (TPSA) is 64.4 Å². The minimum atomic E-state index is -0.365. The van der Waals surface area contributed by atoms with Crippen molar-refractivity contribution in [3.05, 3.63) is 33.4 Å². The number of hydrogen-bond donors (Lipinski definition) is 1. The number of ether oxygens (including phenoxy) is 1. The van der Waals surface area contributed by atoms with Crippen LogP contribution in [-0.4, -0.2) is 24.1 Å². The summed E-state index contributed by atoms with van der Waals surface area (Å²) < 4.78 is 5.99. The van der Waals surface area contributed by atoms with Crippen LogP contribution in [0.5, 0.6) is 5.75 Å². The molecule has 1 aliphatic carbocycles. The van der Waals surface area contributed by atoms with E-state index in [4.69, 9.17) is 4.74 Å². The Morgan fingerprint density at radius 1 is 1.40 bits per heavy atom. The van der Waals surface area contributed by atoms with Crippen LogP contribution >= 0.6 is 0 Å². The van der Waals surface area contributed by atoms with E-state index in [0.717, 1.165) is 17.5 Å². The molecule has 0 amide bonds. The molecule has 1 saturated carbocycles. The average molecular weight is 278 g/mol. The van der Waals surface area contributed by atoms with Crippen molar-refractivity contribution in [1.29, 1.82) is 0 Å². The van der Waals surface area contributed by atoms with E-state index >= 15 is 0 Å². The van der Waals surface area contributed by atoms with E-state index in [9.17, 15) is 10.1 Å². The molecule has 20 heavy (non-hydrogen) atoms. The van der Waals surface area contributed by atoms with Crippen LogP contribution in [0, 0.1) is 29.4 Å². The van der Waals surface area contributed by atoms with Crippen molar-refractivity contribution in [2.45, 2.75) is 46.3 Å². The smallest absolute Gasteiger partial charge is 0.311 e. The van der Waals surface area contributed by atoms with Gasteiger partial charge in [0.05, 0.1) is 4.92 Å². The minimum Gasteiger partial charge on any atom is -0.483 e. The molecular weight excluding hydrogens is 256 g/mol. The highest BCUT2D eigenvalue weighted by Crippen LogP contribution is 2.45. The van der Waals surface area contributed by atoms with Crippen LogP contribution in [0.2, 0.25) is 0 Å². The predicted octanol–water partition coefficient (Wildman–Crippen LogP) is 2.98. The van der Waals surface area contributed by atoms with Crippen LogP contribution in [0.15, 0.2) is 12.1 Å². The molecule has 5 heteroatoms. The number of rotatable bonds is 4. The van der Waals surface area contributed by atoms with Gasteiger partial charge >= 0.3 is 5.69 Å². The lowest BCUT2D eigenvalue weighted by Crippen LogP contribution is -2.61. The minimum absolute atomic E-state index is 0.0000520. The third kappa shape index (κ3) is 2.38. The number of hydrogen-bond acceptors (Lipinski definition) is 4. The van der Waals surface area contributed by atoms with E-state index < -0.39 is 0 Å². The first-order valence-corrected chi connectivity index (χ1v) is 6.87. The van der Waals surface area contributed by atoms with Crippen molar-refractivity contribution < 1.29 is 9.66 Å². The van der Waals surface area contributed by atoms with E-state index in [1.54, 1.807) is 6.07 Å². The van der Waals surface area contributed by atoms with Crippen LogP contribution in [0.1, 0.15) is 31.4 Å². The summed E-state index contributed by atoms with van der Waals surface area (Å²) in [5.74, 6) is 0.410. The second kappa shape index (κ2) is 5.05. The Hall–Kier alpha value is -1.62. The fraction of sp³-hybridized carbons (Fsp3) is 0.600. The molecule has 1 aliphatic rings. The van der Waals surface area contributed by atoms with Gasteiger partial charge in [0.15, 0.2) is 5.75 Å². The third-order valence-electron chi connectivity index (χ3n) is 4.38. The lowest BCUT2D eigenvalue weighted by molar-refractivity contribution is -0.386. The fourth-order valence-corrected chi connectivity index (χ4v) is 2.94. The van der Waals surface area contributed by atoms with Crippen molar-refractivity contribution >= 4 is 5.69 Å². The first-order valence-electron chi connectivity index (χ1n) is 6.87. The van der Waals surface area contributed by atoms with Gasteiger partial charge in [-0.1, -0.05) is 19.9 Å². The Balaban J connectivity index is 2.29. The summed E-state index contributed by atoms with van der Waals surface area (Å²) in [6.45, 7) is 7.96. The maximum atomic E-state index is 11.2. The average Bonchev–Trinajstić information content (AvgIpc) is 2.34. The summed E-state index contributed by atoms with van der Waals surface area (Å²) in [6.07, 6.45) is 0.869. The van der Waals surface area contributed by atoms with Gasteiger partial charge in [-0.25, -0.2) is 0 Å². The second-order valence-electron chi connectivity index (χ2n) is 6.19. The van der Waals surface area contributed by atoms with E-state index in [1.165, 1.54) is 0 Å². The maximum absolute atomic E-state index is 11.2. The van der Waals surface area contributed by atoms with Crippen LogP contribution < -0.4 is 10.1 Å². The first kappa shape index (κ1) is 14.8. The van der Waals surface area contributed by atoms with Gasteiger partial charge in [-0.2, -0.15) is 0 Å². The molecule has 0 heterocycles. The molecule has 5 nitrogen and oxygen atoms in total. The zero-order valence-electron chi connectivity index (χ0n) is 12.7. The van der Waals surface area contributed by atoms with Gasteiger partial charge in [0.2, 0.25) is 0 Å². The van der Waals surface area contributed by atoms with Gasteiger partial charge < -0.3 is 10.1 Å². The molecule has 0 bridgehead atoms. The summed E-state index contributed by atoms with van der Waals surface area (Å²) in [4.78, 5) is 10.8. The number of nitro benzene ring substituents is 1. The maximum Gasteiger partial charge on any atom is 0.311 e. The standard InChI is InChI=1S/C15H22N2O3/c1-9-6-10(2)14(11(7-9)17(18)19)20-13-8-12(16-5)15(13,3)4/h6-7,12-13,16H,8H2,1-5H3. The van der Waals surface area contributed by atoms with Crippen molar-refractivity contribution in [2.75, 3.05) is 7.05 Å². The molecule has 1 N–H and O–H groups in total. The number of nitro groups is 1. The molecule has 2 rings (SSSR count). The molecule has 0 aliphatic heterocycles. The molecule has 1 fully saturated rings. The second-order valence-corrected chi connectivity index (χ2v) is 6.19. The Morgan fingerprint density at radius 3 is 2.55 bits per heavy atom. The monoisotopic (exact) mass is 278 g/mol. The molecule has 0 aromatic heterocycles. The molecule has 0 radical (unpaired) electrons. The van der Waals surface area contributed by atoms with Gasteiger partial charge in [-0.15, -0.1) is 0 Å². The van der Waals surface area contributed by atoms with Gasteiger partial charge in [0.1, 0.15) is 6.10 Å². The quantitative estimate of drug-likeness (QED) is 0.679. The van der Waals surface area contributed by atoms with Crippen LogP contribution in [-0.2, 0) is 0 Å². The summed E-state index contributed by atoms with van der Waals surface area (Å²) in [6, 6.07) is 3.88. The van der Waals surface area contributed by atoms with Crippen LogP contribution in [0.3, 0.4) is 0 Å². The molecule has 110 valence electrons. The number of nitrogens with zero attached hydrogens (tertiary/aromatic N) is 1. The van der Waals surface area contributed by atoms with Crippen molar-refractivity contribution in [3.63, 3.8) is 0 Å². The van der Waals surface area contributed by atoms with E-state index in [2.05, 4.69) is 19.2 Å². The van der Waals surface area contributed by atoms with Gasteiger partial charge in [-0.3, -0.25) is 10.1 Å². The van der Waals surface area contributed by atoms with Crippen LogP contribution in [0.4, 0.5) is 5.69 Å². The highest BCUT2D eigenvalue weighted by Gasteiger charge is 2.49. The summed E-state index contributed by atoms with van der Waals surface area (Å²) in [5, 5.41) is 14.5. The number of benzene rings is 1. The normalized spacial score (nSPS) is 24.1. The van der Waals surface area contributed by atoms with Crippen molar-refractivity contribution in [2.24, 2.45) is 5.41 Å².